The van der Waals surface area contributed by atoms with Gasteiger partial charge in [0.1, 0.15) is 5.65 Å². The van der Waals surface area contributed by atoms with Crippen molar-refractivity contribution in [3.63, 3.8) is 0 Å². The summed E-state index contributed by atoms with van der Waals surface area (Å²) in [6.07, 6.45) is 4.50. The Hall–Kier alpha value is -4.68. The van der Waals surface area contributed by atoms with Crippen molar-refractivity contribution in [1.29, 1.82) is 0 Å². The highest BCUT2D eigenvalue weighted by Gasteiger charge is 2.26. The minimum absolute atomic E-state index is 0.0466. The average molecular weight is 744 g/mol. The lowest BCUT2D eigenvalue weighted by Crippen LogP contribution is -2.41. The van der Waals surface area contributed by atoms with Crippen molar-refractivity contribution < 1.29 is 24.2 Å². The van der Waals surface area contributed by atoms with E-state index < -0.39 is 6.09 Å². The van der Waals surface area contributed by atoms with Gasteiger partial charge in [-0.2, -0.15) is 0 Å². The fraction of sp³-hybridized carbons (Fsp3) is 0.333. The Morgan fingerprint density at radius 2 is 1.69 bits per heavy atom. The first-order valence-electron chi connectivity index (χ1n) is 17.4. The number of aryl methyl sites for hydroxylation is 1. The molecule has 0 saturated carbocycles. The molecule has 270 valence electrons. The lowest BCUT2D eigenvalue weighted by molar-refractivity contribution is -0.119. The van der Waals surface area contributed by atoms with E-state index in [2.05, 4.69) is 22.9 Å². The second kappa shape index (κ2) is 15.5. The highest BCUT2D eigenvalue weighted by molar-refractivity contribution is 6.39. The minimum atomic E-state index is -1.09. The Morgan fingerprint density at radius 1 is 1.00 bits per heavy atom. The van der Waals surface area contributed by atoms with Crippen LogP contribution in [0.3, 0.4) is 0 Å². The SMILES string of the molecule is COc1nc(-c2cccc(-c3cccc(-c4ccc5c(CNC[C@@H]6CCCO6)cn(C)c5n4)c3Cl)c2Cl)ccc1CN(C[C@@H]1CCC(=O)N1)C(=O)O. The molecule has 2 atom stereocenters. The Morgan fingerprint density at radius 3 is 2.33 bits per heavy atom. The van der Waals surface area contributed by atoms with Crippen molar-refractivity contribution in [2.75, 3.05) is 26.8 Å². The number of pyridine rings is 2. The summed E-state index contributed by atoms with van der Waals surface area (Å²) in [5, 5.41) is 18.3. The molecule has 5 aromatic rings. The summed E-state index contributed by atoms with van der Waals surface area (Å²) in [4.78, 5) is 34.8. The number of aromatic nitrogens is 3. The van der Waals surface area contributed by atoms with Gasteiger partial charge in [-0.25, -0.2) is 14.8 Å². The van der Waals surface area contributed by atoms with Crippen LogP contribution in [0.1, 0.15) is 36.8 Å². The lowest BCUT2D eigenvalue weighted by Gasteiger charge is -2.23. The average Bonchev–Trinajstić information content (AvgIpc) is 3.89. The molecule has 0 bridgehead atoms. The summed E-state index contributed by atoms with van der Waals surface area (Å²) < 4.78 is 13.4. The number of fused-ring (bicyclic) bond motifs is 1. The summed E-state index contributed by atoms with van der Waals surface area (Å²) in [5.41, 5.74) is 6.86. The van der Waals surface area contributed by atoms with Crippen LogP contribution in [0.4, 0.5) is 4.79 Å². The second-order valence-electron chi connectivity index (χ2n) is 13.3. The Balaban J connectivity index is 1.13. The monoisotopic (exact) mass is 742 g/mol. The number of carboxylic acid groups (broad SMARTS) is 1. The van der Waals surface area contributed by atoms with E-state index in [1.807, 2.05) is 54.1 Å². The van der Waals surface area contributed by atoms with Crippen LogP contribution < -0.4 is 15.4 Å². The molecule has 2 amide bonds. The first-order valence-corrected chi connectivity index (χ1v) is 18.1. The molecular formula is C39H40Cl2N6O5. The number of nitrogens with one attached hydrogen (secondary N) is 2. The number of rotatable bonds is 12. The zero-order valence-corrected chi connectivity index (χ0v) is 30.5. The molecule has 2 fully saturated rings. The van der Waals surface area contributed by atoms with E-state index in [9.17, 15) is 14.7 Å². The molecule has 3 aromatic heterocycles. The molecular weight excluding hydrogens is 703 g/mol. The number of nitrogens with zero attached hydrogens (tertiary/aromatic N) is 4. The van der Waals surface area contributed by atoms with Gasteiger partial charge < -0.3 is 34.7 Å². The molecule has 2 aliphatic heterocycles. The summed E-state index contributed by atoms with van der Waals surface area (Å²) in [5.74, 6) is 0.212. The maximum absolute atomic E-state index is 12.1. The van der Waals surface area contributed by atoms with Crippen LogP contribution in [-0.2, 0) is 29.7 Å². The molecule has 0 radical (unpaired) electrons. The molecule has 7 rings (SSSR count). The van der Waals surface area contributed by atoms with Crippen LogP contribution in [0.25, 0.3) is 44.7 Å². The normalized spacial score (nSPS) is 17.1. The topological polar surface area (TPSA) is 131 Å². The first-order chi connectivity index (χ1) is 25.2. The predicted molar refractivity (Wildman–Crippen MR) is 202 cm³/mol. The van der Waals surface area contributed by atoms with Gasteiger partial charge in [-0.05, 0) is 49.1 Å². The van der Waals surface area contributed by atoms with Crippen molar-refractivity contribution in [2.24, 2.45) is 7.05 Å². The zero-order chi connectivity index (χ0) is 36.4. The van der Waals surface area contributed by atoms with Gasteiger partial charge in [-0.3, -0.25) is 4.79 Å². The minimum Gasteiger partial charge on any atom is -0.481 e. The standard InChI is InChI=1S/C39H40Cl2N6O5/c1-46-20-24(18-42-19-26-6-5-17-52-26)27-13-15-32(44-37(27)46)30-9-3-7-28(35(30)40)29-8-4-10-31(36(29)41)33-14-11-23(38(45-33)51-2)21-47(39(49)50)22-25-12-16-34(48)43-25/h3-4,7-11,13-15,20,25-26,42H,5-6,12,16-19,21-22H2,1-2H3,(H,43,48)(H,49,50)/t25-,26-/m0/s1. The summed E-state index contributed by atoms with van der Waals surface area (Å²) >= 11 is 14.3. The van der Waals surface area contributed by atoms with Crippen molar-refractivity contribution in [1.82, 2.24) is 30.1 Å². The largest absolute Gasteiger partial charge is 0.481 e. The third-order valence-electron chi connectivity index (χ3n) is 9.75. The second-order valence-corrected chi connectivity index (χ2v) is 14.0. The Labute approximate surface area is 311 Å². The van der Waals surface area contributed by atoms with E-state index in [4.69, 9.17) is 42.6 Å². The fourth-order valence-corrected chi connectivity index (χ4v) is 7.73. The van der Waals surface area contributed by atoms with Crippen LogP contribution >= 0.6 is 23.2 Å². The molecule has 13 heteroatoms. The summed E-state index contributed by atoms with van der Waals surface area (Å²) in [6.45, 7) is 2.62. The highest BCUT2D eigenvalue weighted by Crippen LogP contribution is 2.42. The van der Waals surface area contributed by atoms with E-state index in [1.165, 1.54) is 17.6 Å². The number of hydrogen-bond donors (Lipinski definition) is 3. The number of benzene rings is 2. The van der Waals surface area contributed by atoms with Crippen molar-refractivity contribution >= 4 is 46.2 Å². The van der Waals surface area contributed by atoms with Crippen LogP contribution in [-0.4, -0.2) is 75.5 Å². The van der Waals surface area contributed by atoms with Crippen LogP contribution in [0.2, 0.25) is 10.0 Å². The molecule has 5 heterocycles. The van der Waals surface area contributed by atoms with E-state index in [0.29, 0.717) is 39.7 Å². The van der Waals surface area contributed by atoms with Crippen molar-refractivity contribution in [3.05, 3.63) is 88.0 Å². The molecule has 2 saturated heterocycles. The van der Waals surface area contributed by atoms with Crippen LogP contribution in [0.5, 0.6) is 5.88 Å². The first kappa shape index (κ1) is 35.7. The summed E-state index contributed by atoms with van der Waals surface area (Å²) in [7, 11) is 3.49. The number of halogens is 2. The zero-order valence-electron chi connectivity index (χ0n) is 29.0. The molecule has 11 nitrogen and oxygen atoms in total. The molecule has 2 aromatic carbocycles. The number of ether oxygens (including phenoxy) is 2. The van der Waals surface area contributed by atoms with Crippen molar-refractivity contribution in [2.45, 2.75) is 50.9 Å². The number of methoxy groups -OCH3 is 1. The van der Waals surface area contributed by atoms with E-state index in [0.717, 1.165) is 66.0 Å². The van der Waals surface area contributed by atoms with Crippen LogP contribution in [0.15, 0.2) is 66.9 Å². The smallest absolute Gasteiger partial charge is 0.407 e. The third kappa shape index (κ3) is 7.45. The molecule has 0 spiro atoms. The highest BCUT2D eigenvalue weighted by atomic mass is 35.5. The molecule has 0 unspecified atom stereocenters. The van der Waals surface area contributed by atoms with Crippen molar-refractivity contribution in [3.8, 4) is 39.5 Å². The van der Waals surface area contributed by atoms with Gasteiger partial charge in [-0.15, -0.1) is 0 Å². The van der Waals surface area contributed by atoms with Gasteiger partial charge in [0.05, 0.1) is 41.2 Å². The third-order valence-corrected chi connectivity index (χ3v) is 10.6. The number of hydrogen-bond acceptors (Lipinski definition) is 7. The number of carbonyl (C=O) groups is 2. The van der Waals surface area contributed by atoms with E-state index in [-0.39, 0.29) is 37.0 Å². The maximum Gasteiger partial charge on any atom is 0.407 e. The fourth-order valence-electron chi connectivity index (χ4n) is 7.08. The lowest BCUT2D eigenvalue weighted by atomic mass is 9.98. The Bertz CT molecular complexity index is 2130. The van der Waals surface area contributed by atoms with Gasteiger partial charge in [0, 0.05) is 85.2 Å². The molecule has 2 aliphatic rings. The molecule has 52 heavy (non-hydrogen) atoms. The van der Waals surface area contributed by atoms with Gasteiger partial charge in [-0.1, -0.05) is 59.6 Å². The van der Waals surface area contributed by atoms with Gasteiger partial charge in [0.15, 0.2) is 0 Å². The van der Waals surface area contributed by atoms with Gasteiger partial charge in [0.25, 0.3) is 0 Å². The van der Waals surface area contributed by atoms with Gasteiger partial charge >= 0.3 is 6.09 Å². The molecule has 3 N–H and O–H groups in total. The molecule has 0 aliphatic carbocycles. The summed E-state index contributed by atoms with van der Waals surface area (Å²) in [6, 6.07) is 19.0. The van der Waals surface area contributed by atoms with E-state index >= 15 is 0 Å². The maximum atomic E-state index is 12.1. The number of carbonyl (C=O) groups excluding carboxylic acids is 1. The van der Waals surface area contributed by atoms with Gasteiger partial charge in [0.2, 0.25) is 11.8 Å². The Kier molecular flexibility index (Phi) is 10.7. The predicted octanol–water partition coefficient (Wildman–Crippen LogP) is 7.31. The number of amides is 2. The van der Waals surface area contributed by atoms with Crippen LogP contribution in [0, 0.1) is 0 Å². The van der Waals surface area contributed by atoms with E-state index in [1.54, 1.807) is 12.1 Å². The quantitative estimate of drug-likeness (QED) is 0.121.